The van der Waals surface area contributed by atoms with Gasteiger partial charge in [0.1, 0.15) is 5.82 Å². The van der Waals surface area contributed by atoms with Crippen molar-refractivity contribution in [2.24, 2.45) is 0 Å². The molecule has 3 N–H and O–H groups in total. The highest BCUT2D eigenvalue weighted by Crippen LogP contribution is 2.30. The number of nitrogens with zero attached hydrogens (tertiary/aromatic N) is 2. The molecule has 5 nitrogen and oxygen atoms in total. The topological polar surface area (TPSA) is 70.1 Å². The lowest BCUT2D eigenvalue weighted by atomic mass is 10.2. The number of benzene rings is 1. The molecule has 0 unspecified atom stereocenters. The van der Waals surface area contributed by atoms with Crippen LogP contribution in [-0.4, -0.2) is 28.2 Å². The summed E-state index contributed by atoms with van der Waals surface area (Å²) < 4.78 is 38.7. The minimum absolute atomic E-state index is 0.0251. The highest BCUT2D eigenvalue weighted by molar-refractivity contribution is 5.61. The molecule has 0 bridgehead atoms. The maximum absolute atomic E-state index is 12.9. The van der Waals surface area contributed by atoms with Crippen LogP contribution in [0.2, 0.25) is 0 Å². The van der Waals surface area contributed by atoms with Gasteiger partial charge in [-0.25, -0.2) is 4.98 Å². The minimum atomic E-state index is -4.58. The maximum atomic E-state index is 12.9. The fourth-order valence-electron chi connectivity index (χ4n) is 1.75. The summed E-state index contributed by atoms with van der Waals surface area (Å²) in [5.74, 6) is -0.169. The summed E-state index contributed by atoms with van der Waals surface area (Å²) in [7, 11) is 0. The normalized spacial score (nSPS) is 11.3. The number of hydrogen-bond donors (Lipinski definition) is 3. The molecule has 0 atom stereocenters. The van der Waals surface area contributed by atoms with Crippen LogP contribution in [0.1, 0.15) is 11.3 Å². The van der Waals surface area contributed by atoms with Crippen molar-refractivity contribution in [3.63, 3.8) is 0 Å². The molecule has 0 amide bonds. The van der Waals surface area contributed by atoms with Gasteiger partial charge in [-0.05, 0) is 18.6 Å². The zero-order valence-corrected chi connectivity index (χ0v) is 11.8. The first-order valence-electron chi connectivity index (χ1n) is 6.54. The van der Waals surface area contributed by atoms with Crippen molar-refractivity contribution in [2.75, 3.05) is 23.8 Å². The second-order valence-corrected chi connectivity index (χ2v) is 4.55. The molecular weight excluding hydrogens is 297 g/mol. The Kier molecular flexibility index (Phi) is 4.81. The van der Waals surface area contributed by atoms with Crippen LogP contribution in [0.4, 0.5) is 30.6 Å². The molecule has 22 heavy (non-hydrogen) atoms. The molecule has 1 heterocycles. The van der Waals surface area contributed by atoms with E-state index in [1.807, 2.05) is 19.1 Å². The monoisotopic (exact) mass is 312 g/mol. The Balaban J connectivity index is 2.35. The largest absolute Gasteiger partial charge is 0.433 e. The number of alkyl halides is 3. The first kappa shape index (κ1) is 16.0. The van der Waals surface area contributed by atoms with Crippen molar-refractivity contribution in [1.82, 2.24) is 9.97 Å². The van der Waals surface area contributed by atoms with E-state index in [1.165, 1.54) is 0 Å². The number of aliphatic hydroxyl groups is 1. The third kappa shape index (κ3) is 4.08. The van der Waals surface area contributed by atoms with Crippen LogP contribution >= 0.6 is 0 Å². The Bertz CT molecular complexity index is 646. The van der Waals surface area contributed by atoms with Gasteiger partial charge in [-0.3, -0.25) is 0 Å². The van der Waals surface area contributed by atoms with Gasteiger partial charge in [-0.15, -0.1) is 0 Å². The number of anilines is 3. The van der Waals surface area contributed by atoms with Crippen LogP contribution in [0.15, 0.2) is 30.3 Å². The minimum Gasteiger partial charge on any atom is -0.395 e. The van der Waals surface area contributed by atoms with Gasteiger partial charge in [0.25, 0.3) is 0 Å². The quantitative estimate of drug-likeness (QED) is 0.792. The molecule has 0 aliphatic carbocycles. The Labute approximate surface area is 125 Å². The summed E-state index contributed by atoms with van der Waals surface area (Å²) in [6.45, 7) is 1.66. The third-order valence-corrected chi connectivity index (χ3v) is 2.82. The van der Waals surface area contributed by atoms with Crippen LogP contribution in [0, 0.1) is 6.92 Å². The molecule has 2 rings (SSSR count). The van der Waals surface area contributed by atoms with Gasteiger partial charge in [0.05, 0.1) is 6.61 Å². The van der Waals surface area contributed by atoms with E-state index < -0.39 is 11.9 Å². The Morgan fingerprint density at radius 2 is 1.91 bits per heavy atom. The second-order valence-electron chi connectivity index (χ2n) is 4.55. The number of aliphatic hydroxyl groups excluding tert-OH is 1. The number of aryl methyl sites for hydroxylation is 1. The standard InChI is InChI=1S/C14H15F3N4O/c1-9-4-2-3-5-10(9)19-12-8-11(14(15,16)17)20-13(21-12)18-6-7-22/h2-5,8,22H,6-7H2,1H3,(H2,18,19,20,21). The van der Waals surface area contributed by atoms with Gasteiger partial charge in [-0.1, -0.05) is 18.2 Å². The summed E-state index contributed by atoms with van der Waals surface area (Å²) in [6, 6.07) is 8.02. The molecular formula is C14H15F3N4O. The molecule has 1 aromatic heterocycles. The highest BCUT2D eigenvalue weighted by Gasteiger charge is 2.33. The fraction of sp³-hybridized carbons (Fsp3) is 0.286. The molecule has 118 valence electrons. The van der Waals surface area contributed by atoms with Gasteiger partial charge in [-0.2, -0.15) is 18.2 Å². The molecule has 0 fully saturated rings. The van der Waals surface area contributed by atoms with E-state index >= 15 is 0 Å². The van der Waals surface area contributed by atoms with Crippen LogP contribution in [0.3, 0.4) is 0 Å². The van der Waals surface area contributed by atoms with Crippen molar-refractivity contribution in [3.05, 3.63) is 41.6 Å². The van der Waals surface area contributed by atoms with Crippen molar-refractivity contribution in [1.29, 1.82) is 0 Å². The van der Waals surface area contributed by atoms with Crippen LogP contribution < -0.4 is 10.6 Å². The molecule has 0 radical (unpaired) electrons. The average Bonchev–Trinajstić information content (AvgIpc) is 2.46. The summed E-state index contributed by atoms with van der Waals surface area (Å²) in [6.07, 6.45) is -4.58. The van der Waals surface area contributed by atoms with E-state index in [1.54, 1.807) is 12.1 Å². The molecule has 8 heteroatoms. The molecule has 0 saturated heterocycles. The van der Waals surface area contributed by atoms with Gasteiger partial charge < -0.3 is 15.7 Å². The lowest BCUT2D eigenvalue weighted by Crippen LogP contribution is -2.15. The van der Waals surface area contributed by atoms with Gasteiger partial charge in [0.2, 0.25) is 5.95 Å². The van der Waals surface area contributed by atoms with E-state index in [9.17, 15) is 13.2 Å². The van der Waals surface area contributed by atoms with Crippen molar-refractivity contribution < 1.29 is 18.3 Å². The maximum Gasteiger partial charge on any atom is 0.433 e. The summed E-state index contributed by atoms with van der Waals surface area (Å²) >= 11 is 0. The SMILES string of the molecule is Cc1ccccc1Nc1cc(C(F)(F)F)nc(NCCO)n1. The molecule has 0 aliphatic rings. The zero-order chi connectivity index (χ0) is 16.2. The fourth-order valence-corrected chi connectivity index (χ4v) is 1.75. The van der Waals surface area contributed by atoms with Crippen molar-refractivity contribution in [2.45, 2.75) is 13.1 Å². The Hall–Kier alpha value is -2.35. The summed E-state index contributed by atoms with van der Waals surface area (Å²) in [5.41, 5.74) is 0.473. The van der Waals surface area contributed by atoms with Gasteiger partial charge in [0, 0.05) is 18.3 Å². The lowest BCUT2D eigenvalue weighted by molar-refractivity contribution is -0.141. The molecule has 0 spiro atoms. The van der Waals surface area contributed by atoms with E-state index in [0.29, 0.717) is 5.69 Å². The summed E-state index contributed by atoms with van der Waals surface area (Å²) in [5, 5.41) is 14.1. The predicted molar refractivity (Wildman–Crippen MR) is 77.1 cm³/mol. The smallest absolute Gasteiger partial charge is 0.395 e. The molecule has 0 aliphatic heterocycles. The zero-order valence-electron chi connectivity index (χ0n) is 11.8. The van der Waals surface area contributed by atoms with Crippen LogP contribution in [0.5, 0.6) is 0 Å². The van der Waals surface area contributed by atoms with Crippen LogP contribution in [-0.2, 0) is 6.18 Å². The number of para-hydroxylation sites is 1. The second kappa shape index (κ2) is 6.61. The van der Waals surface area contributed by atoms with E-state index in [4.69, 9.17) is 5.11 Å². The van der Waals surface area contributed by atoms with Crippen molar-refractivity contribution in [3.8, 4) is 0 Å². The number of hydrogen-bond acceptors (Lipinski definition) is 5. The Morgan fingerprint density at radius 3 is 2.55 bits per heavy atom. The Morgan fingerprint density at radius 1 is 1.18 bits per heavy atom. The van der Waals surface area contributed by atoms with E-state index in [2.05, 4.69) is 20.6 Å². The first-order chi connectivity index (χ1) is 10.4. The molecule has 0 saturated carbocycles. The number of halogens is 3. The van der Waals surface area contributed by atoms with E-state index in [-0.39, 0.29) is 24.9 Å². The van der Waals surface area contributed by atoms with Crippen molar-refractivity contribution >= 4 is 17.5 Å². The molecule has 2 aromatic rings. The lowest BCUT2D eigenvalue weighted by Gasteiger charge is -2.13. The van der Waals surface area contributed by atoms with Gasteiger partial charge >= 0.3 is 6.18 Å². The number of aromatic nitrogens is 2. The average molecular weight is 312 g/mol. The summed E-state index contributed by atoms with van der Waals surface area (Å²) in [4.78, 5) is 7.38. The number of nitrogens with one attached hydrogen (secondary N) is 2. The first-order valence-corrected chi connectivity index (χ1v) is 6.54. The van der Waals surface area contributed by atoms with Crippen LogP contribution in [0.25, 0.3) is 0 Å². The number of rotatable bonds is 5. The highest BCUT2D eigenvalue weighted by atomic mass is 19.4. The van der Waals surface area contributed by atoms with E-state index in [0.717, 1.165) is 11.6 Å². The molecule has 1 aromatic carbocycles. The third-order valence-electron chi connectivity index (χ3n) is 2.82. The van der Waals surface area contributed by atoms with Gasteiger partial charge in [0.15, 0.2) is 5.69 Å². The predicted octanol–water partition coefficient (Wildman–Crippen LogP) is 2.95.